The number of aryl methyl sites for hydroxylation is 1. The van der Waals surface area contributed by atoms with Gasteiger partial charge in [0.1, 0.15) is 6.33 Å². The van der Waals surface area contributed by atoms with E-state index in [1.54, 1.807) is 23.0 Å². The molecule has 0 aliphatic rings. The lowest BCUT2D eigenvalue weighted by molar-refractivity contribution is 0.920. The van der Waals surface area contributed by atoms with Crippen LogP contribution in [0.1, 0.15) is 0 Å². The molecule has 0 aliphatic heterocycles. The zero-order valence-electron chi connectivity index (χ0n) is 7.61. The summed E-state index contributed by atoms with van der Waals surface area (Å²) in [5.41, 5.74) is 7.07. The van der Waals surface area contributed by atoms with Crippen molar-refractivity contribution in [2.24, 2.45) is 7.05 Å². The summed E-state index contributed by atoms with van der Waals surface area (Å²) in [6.07, 6.45) is 1.63. The number of hydrogen-bond donors (Lipinski definition) is 1. The van der Waals surface area contributed by atoms with Crippen molar-refractivity contribution in [1.82, 2.24) is 14.8 Å². The van der Waals surface area contributed by atoms with E-state index >= 15 is 0 Å². The van der Waals surface area contributed by atoms with Gasteiger partial charge in [-0.25, -0.2) is 0 Å². The maximum Gasteiger partial charge on any atom is 0.164 e. The van der Waals surface area contributed by atoms with Crippen LogP contribution >= 0.6 is 11.6 Å². The van der Waals surface area contributed by atoms with E-state index in [0.717, 1.165) is 11.4 Å². The fourth-order valence-corrected chi connectivity index (χ4v) is 1.51. The Morgan fingerprint density at radius 2 is 2.21 bits per heavy atom. The highest BCUT2D eigenvalue weighted by atomic mass is 35.5. The molecule has 1 heterocycles. The summed E-state index contributed by atoms with van der Waals surface area (Å²) in [5, 5.41) is 8.33. The van der Waals surface area contributed by atoms with Crippen LogP contribution in [0.4, 0.5) is 5.69 Å². The predicted molar refractivity (Wildman–Crippen MR) is 55.9 cm³/mol. The van der Waals surface area contributed by atoms with E-state index in [1.807, 2.05) is 13.1 Å². The smallest absolute Gasteiger partial charge is 0.164 e. The van der Waals surface area contributed by atoms with Crippen molar-refractivity contribution in [2.45, 2.75) is 0 Å². The van der Waals surface area contributed by atoms with Crippen molar-refractivity contribution in [3.8, 4) is 11.4 Å². The van der Waals surface area contributed by atoms with Gasteiger partial charge < -0.3 is 10.3 Å². The van der Waals surface area contributed by atoms with Gasteiger partial charge in [0.2, 0.25) is 0 Å². The third-order valence-corrected chi connectivity index (χ3v) is 2.26. The minimum atomic E-state index is 0.584. The van der Waals surface area contributed by atoms with Crippen LogP contribution in [0.3, 0.4) is 0 Å². The van der Waals surface area contributed by atoms with Crippen LogP contribution in [0.2, 0.25) is 5.02 Å². The molecule has 0 radical (unpaired) electrons. The number of hydrogen-bond acceptors (Lipinski definition) is 3. The van der Waals surface area contributed by atoms with Crippen LogP contribution < -0.4 is 5.73 Å². The number of rotatable bonds is 1. The Bertz CT molecular complexity index is 464. The first kappa shape index (κ1) is 9.02. The fraction of sp³-hybridized carbons (Fsp3) is 0.111. The molecular formula is C9H9ClN4. The minimum Gasteiger partial charge on any atom is -0.399 e. The minimum absolute atomic E-state index is 0.584. The topological polar surface area (TPSA) is 56.7 Å². The van der Waals surface area contributed by atoms with Crippen molar-refractivity contribution in [3.05, 3.63) is 29.5 Å². The van der Waals surface area contributed by atoms with Gasteiger partial charge in [-0.2, -0.15) is 0 Å². The first-order valence-electron chi connectivity index (χ1n) is 4.08. The number of anilines is 1. The Morgan fingerprint density at radius 3 is 2.79 bits per heavy atom. The summed E-state index contributed by atoms with van der Waals surface area (Å²) < 4.78 is 1.80. The van der Waals surface area contributed by atoms with Gasteiger partial charge in [-0.05, 0) is 18.2 Å². The number of halogens is 1. The second kappa shape index (κ2) is 3.31. The Balaban J connectivity index is 2.58. The molecule has 14 heavy (non-hydrogen) atoms. The second-order valence-corrected chi connectivity index (χ2v) is 3.41. The highest BCUT2D eigenvalue weighted by molar-refractivity contribution is 6.33. The molecular weight excluding hydrogens is 200 g/mol. The van der Waals surface area contributed by atoms with Gasteiger partial charge in [-0.1, -0.05) is 11.6 Å². The Labute approximate surface area is 86.3 Å². The average molecular weight is 209 g/mol. The maximum atomic E-state index is 6.03. The summed E-state index contributed by atoms with van der Waals surface area (Å²) in [6.45, 7) is 0. The number of benzene rings is 1. The molecule has 0 amide bonds. The van der Waals surface area contributed by atoms with E-state index in [2.05, 4.69) is 10.2 Å². The summed E-state index contributed by atoms with van der Waals surface area (Å²) in [5.74, 6) is 0.731. The van der Waals surface area contributed by atoms with E-state index < -0.39 is 0 Å². The molecule has 0 unspecified atom stereocenters. The summed E-state index contributed by atoms with van der Waals surface area (Å²) in [4.78, 5) is 0. The molecule has 0 spiro atoms. The Hall–Kier alpha value is -1.55. The fourth-order valence-electron chi connectivity index (χ4n) is 1.24. The number of nitrogen functional groups attached to an aromatic ring is 1. The van der Waals surface area contributed by atoms with E-state index in [4.69, 9.17) is 17.3 Å². The largest absolute Gasteiger partial charge is 0.399 e. The molecule has 2 rings (SSSR count). The molecule has 1 aromatic heterocycles. The second-order valence-electron chi connectivity index (χ2n) is 3.00. The lowest BCUT2D eigenvalue weighted by Gasteiger charge is -2.03. The molecule has 72 valence electrons. The molecule has 0 atom stereocenters. The first-order chi connectivity index (χ1) is 6.68. The van der Waals surface area contributed by atoms with Crippen molar-refractivity contribution in [1.29, 1.82) is 0 Å². The normalized spacial score (nSPS) is 10.4. The molecule has 0 bridgehead atoms. The van der Waals surface area contributed by atoms with Crippen molar-refractivity contribution < 1.29 is 0 Å². The third kappa shape index (κ3) is 1.44. The summed E-state index contributed by atoms with van der Waals surface area (Å²) in [7, 11) is 1.86. The molecule has 2 N–H and O–H groups in total. The lowest BCUT2D eigenvalue weighted by Crippen LogP contribution is -1.93. The van der Waals surface area contributed by atoms with Crippen LogP contribution in [0.15, 0.2) is 24.5 Å². The third-order valence-electron chi connectivity index (χ3n) is 1.95. The standard InChI is InChI=1S/C9H9ClN4/c1-14-5-12-13-9(14)7-3-2-6(11)4-8(7)10/h2-5H,11H2,1H3. The van der Waals surface area contributed by atoms with Crippen molar-refractivity contribution in [3.63, 3.8) is 0 Å². The number of nitrogens with two attached hydrogens (primary N) is 1. The Morgan fingerprint density at radius 1 is 1.43 bits per heavy atom. The van der Waals surface area contributed by atoms with Crippen LogP contribution in [0.5, 0.6) is 0 Å². The van der Waals surface area contributed by atoms with E-state index in [0.29, 0.717) is 10.7 Å². The van der Waals surface area contributed by atoms with Crippen LogP contribution in [-0.4, -0.2) is 14.8 Å². The Kier molecular flexibility index (Phi) is 2.13. The van der Waals surface area contributed by atoms with Gasteiger partial charge in [0.25, 0.3) is 0 Å². The molecule has 1 aromatic carbocycles. The first-order valence-corrected chi connectivity index (χ1v) is 4.45. The molecule has 2 aromatic rings. The van der Waals surface area contributed by atoms with Gasteiger partial charge >= 0.3 is 0 Å². The zero-order chi connectivity index (χ0) is 10.1. The van der Waals surface area contributed by atoms with Crippen LogP contribution in [0.25, 0.3) is 11.4 Å². The quantitative estimate of drug-likeness (QED) is 0.726. The van der Waals surface area contributed by atoms with Gasteiger partial charge in [-0.15, -0.1) is 10.2 Å². The van der Waals surface area contributed by atoms with Crippen LogP contribution in [0, 0.1) is 0 Å². The van der Waals surface area contributed by atoms with E-state index in [9.17, 15) is 0 Å². The summed E-state index contributed by atoms with van der Waals surface area (Å²) >= 11 is 6.03. The van der Waals surface area contributed by atoms with Gasteiger partial charge in [-0.3, -0.25) is 0 Å². The lowest BCUT2D eigenvalue weighted by atomic mass is 10.2. The molecule has 0 saturated carbocycles. The predicted octanol–water partition coefficient (Wildman–Crippen LogP) is 1.72. The van der Waals surface area contributed by atoms with Gasteiger partial charge in [0.05, 0.1) is 5.02 Å². The number of nitrogens with zero attached hydrogens (tertiary/aromatic N) is 3. The van der Waals surface area contributed by atoms with Crippen molar-refractivity contribution in [2.75, 3.05) is 5.73 Å². The van der Waals surface area contributed by atoms with Crippen molar-refractivity contribution >= 4 is 17.3 Å². The molecule has 0 fully saturated rings. The maximum absolute atomic E-state index is 6.03. The molecule has 0 saturated heterocycles. The average Bonchev–Trinajstić information content (AvgIpc) is 2.52. The molecule has 0 aliphatic carbocycles. The molecule has 5 heteroatoms. The SMILES string of the molecule is Cn1cnnc1-c1ccc(N)cc1Cl. The highest BCUT2D eigenvalue weighted by Crippen LogP contribution is 2.27. The molecule has 4 nitrogen and oxygen atoms in total. The van der Waals surface area contributed by atoms with E-state index in [1.165, 1.54) is 0 Å². The number of aromatic nitrogens is 3. The highest BCUT2D eigenvalue weighted by Gasteiger charge is 2.08. The summed E-state index contributed by atoms with van der Waals surface area (Å²) in [6, 6.07) is 5.32. The van der Waals surface area contributed by atoms with E-state index in [-0.39, 0.29) is 0 Å². The van der Waals surface area contributed by atoms with Gasteiger partial charge in [0, 0.05) is 18.3 Å². The van der Waals surface area contributed by atoms with Gasteiger partial charge in [0.15, 0.2) is 5.82 Å². The monoisotopic (exact) mass is 208 g/mol. The zero-order valence-corrected chi connectivity index (χ0v) is 8.36. The van der Waals surface area contributed by atoms with Crippen LogP contribution in [-0.2, 0) is 7.05 Å².